The van der Waals surface area contributed by atoms with E-state index in [0.29, 0.717) is 5.92 Å². The first-order valence-electron chi connectivity index (χ1n) is 2.42. The van der Waals surface area contributed by atoms with Gasteiger partial charge in [-0.15, -0.1) is 0 Å². The van der Waals surface area contributed by atoms with Crippen molar-refractivity contribution in [1.29, 1.82) is 0 Å². The molecule has 1 heteroatoms. The maximum atomic E-state index is 6.48. The van der Waals surface area contributed by atoms with E-state index in [4.69, 9.17) is 1.41 Å². The molecule has 0 aliphatic rings. The van der Waals surface area contributed by atoms with Crippen LogP contribution in [0.25, 0.3) is 0 Å². The summed E-state index contributed by atoms with van der Waals surface area (Å²) >= 11 is 0. The highest BCUT2D eigenvalue weighted by Crippen LogP contribution is 1.81. The number of hydrogen-bond acceptors (Lipinski definition) is 1. The van der Waals surface area contributed by atoms with Gasteiger partial charge in [-0.3, -0.25) is 0 Å². The molecule has 1 nitrogen and oxygen atoms in total. The normalized spacial score (nSPS) is 12.2. The Kier molecular flexibility index (Phi) is 1.40. The lowest BCUT2D eigenvalue weighted by atomic mass is 10.2. The van der Waals surface area contributed by atoms with Crippen molar-refractivity contribution in [3.05, 3.63) is 0 Å². The van der Waals surface area contributed by atoms with Gasteiger partial charge in [-0.05, 0) is 12.5 Å². The molecule has 0 saturated carbocycles. The summed E-state index contributed by atoms with van der Waals surface area (Å²) in [5.74, 6) is 0.600. The predicted octanol–water partition coefficient (Wildman–Crippen LogP) is 0.601. The van der Waals surface area contributed by atoms with Crippen molar-refractivity contribution in [2.45, 2.75) is 13.8 Å². The smallest absolute Gasteiger partial charge is 0.118 e. The Bertz CT molecular complexity index is 28.7. The van der Waals surface area contributed by atoms with Crippen LogP contribution in [0, 0.1) is 5.92 Å². The molecule has 0 spiro atoms. The molecule has 0 amide bonds. The van der Waals surface area contributed by atoms with E-state index in [-0.39, 0.29) is 0 Å². The molecule has 0 aromatic heterocycles. The molecule has 0 radical (unpaired) electrons. The van der Waals surface area contributed by atoms with Crippen LogP contribution in [0.1, 0.15) is 13.8 Å². The molecular formula is C4H11N. The second-order valence-corrected chi connectivity index (χ2v) is 1.60. The van der Waals surface area contributed by atoms with Gasteiger partial charge in [0.1, 0.15) is 1.41 Å². The third-order valence-electron chi connectivity index (χ3n) is 0.408. The van der Waals surface area contributed by atoms with Crippen molar-refractivity contribution >= 4 is 0 Å². The van der Waals surface area contributed by atoms with Gasteiger partial charge in [-0.2, -0.15) is 0 Å². The summed E-state index contributed by atoms with van der Waals surface area (Å²) in [6.45, 7) is 4.93. The lowest BCUT2D eigenvalue weighted by molar-refractivity contribution is 0.664. The van der Waals surface area contributed by atoms with Crippen LogP contribution in [0.3, 0.4) is 0 Å². The van der Waals surface area contributed by atoms with Gasteiger partial charge in [0.15, 0.2) is 0 Å². The van der Waals surface area contributed by atoms with Crippen LogP contribution < -0.4 is 5.73 Å². The Hall–Kier alpha value is -0.0400. The lowest BCUT2D eigenvalue weighted by Gasteiger charge is -1.91. The van der Waals surface area contributed by atoms with E-state index >= 15 is 0 Å². The average molecular weight is 74.1 g/mol. The van der Waals surface area contributed by atoms with E-state index in [1.807, 2.05) is 0 Å². The first kappa shape index (κ1) is 3.16. The van der Waals surface area contributed by atoms with E-state index in [1.165, 1.54) is 0 Å². The molecule has 0 heterocycles. The monoisotopic (exact) mass is 74.1 g/mol. The summed E-state index contributed by atoms with van der Waals surface area (Å²) in [6.07, 6.45) is 0. The van der Waals surface area contributed by atoms with Crippen LogP contribution in [0.2, 0.25) is 1.41 Å². The van der Waals surface area contributed by atoms with Gasteiger partial charge < -0.3 is 5.73 Å². The summed E-state index contributed by atoms with van der Waals surface area (Å²) < 4.78 is 6.48. The van der Waals surface area contributed by atoms with Crippen LogP contribution >= 0.6 is 0 Å². The number of rotatable bonds is 2. The van der Waals surface area contributed by atoms with Crippen molar-refractivity contribution in [2.24, 2.45) is 11.6 Å². The third kappa shape index (κ3) is 3.96. The summed E-state index contributed by atoms with van der Waals surface area (Å²) in [7, 11) is 0. The lowest BCUT2D eigenvalue weighted by Crippen LogP contribution is -2.05. The van der Waals surface area contributed by atoms with Gasteiger partial charge in [0.25, 0.3) is 0 Å². The second kappa shape index (κ2) is 2.21. The SMILES string of the molecule is [2H]NCC(C)C. The van der Waals surface area contributed by atoms with Crippen LogP contribution in [0.5, 0.6) is 0 Å². The van der Waals surface area contributed by atoms with Crippen LogP contribution in [0.4, 0.5) is 0 Å². The fraction of sp³-hybridized carbons (Fsp3) is 1.00. The Labute approximate surface area is 34.6 Å². The quantitative estimate of drug-likeness (QED) is 0.510. The Morgan fingerprint density at radius 3 is 2.60 bits per heavy atom. The van der Waals surface area contributed by atoms with Gasteiger partial charge in [0.2, 0.25) is 0 Å². The molecule has 0 fully saturated rings. The number of hydrogen-bond donors (Lipinski definition) is 1. The van der Waals surface area contributed by atoms with Crippen molar-refractivity contribution in [3.63, 3.8) is 0 Å². The van der Waals surface area contributed by atoms with Gasteiger partial charge >= 0.3 is 0 Å². The molecule has 0 atom stereocenters. The molecular weight excluding hydrogens is 62.1 g/mol. The molecule has 0 aliphatic heterocycles. The maximum absolute atomic E-state index is 6.48. The largest absolute Gasteiger partial charge is 0.330 e. The zero-order valence-corrected chi connectivity index (χ0v) is 3.78. The van der Waals surface area contributed by atoms with Crippen molar-refractivity contribution in [2.75, 3.05) is 6.54 Å². The van der Waals surface area contributed by atoms with Crippen LogP contribution in [0.15, 0.2) is 0 Å². The summed E-state index contributed by atoms with van der Waals surface area (Å²) in [5.41, 5.74) is 2.32. The first-order chi connectivity index (χ1) is 2.77. The second-order valence-electron chi connectivity index (χ2n) is 1.60. The van der Waals surface area contributed by atoms with Gasteiger partial charge in [-0.1, -0.05) is 13.8 Å². The molecule has 0 bridgehead atoms. The third-order valence-corrected chi connectivity index (χ3v) is 0.408. The predicted molar refractivity (Wildman–Crippen MR) is 23.9 cm³/mol. The fourth-order valence-corrected chi connectivity index (χ4v) is 0. The molecule has 0 unspecified atom stereocenters. The number of nitrogens with two attached hydrogens (primary N) is 1. The Morgan fingerprint density at radius 2 is 2.60 bits per heavy atom. The van der Waals surface area contributed by atoms with Gasteiger partial charge in [-0.25, -0.2) is 0 Å². The zero-order valence-electron chi connectivity index (χ0n) is 4.78. The van der Waals surface area contributed by atoms with E-state index in [9.17, 15) is 0 Å². The summed E-state index contributed by atoms with van der Waals surface area (Å²) in [6, 6.07) is 0. The highest BCUT2D eigenvalue weighted by Gasteiger charge is 1.80. The van der Waals surface area contributed by atoms with E-state index in [0.717, 1.165) is 6.54 Å². The average Bonchev–Trinajstić information content (AvgIpc) is 1.35. The van der Waals surface area contributed by atoms with Gasteiger partial charge in [0, 0.05) is 0 Å². The topological polar surface area (TPSA) is 26.0 Å². The van der Waals surface area contributed by atoms with Crippen molar-refractivity contribution in [1.82, 2.24) is 0 Å². The van der Waals surface area contributed by atoms with E-state index in [2.05, 4.69) is 19.6 Å². The molecule has 0 saturated heterocycles. The summed E-state index contributed by atoms with van der Waals surface area (Å²) in [4.78, 5) is 0. The summed E-state index contributed by atoms with van der Waals surface area (Å²) in [5, 5.41) is 0. The van der Waals surface area contributed by atoms with Crippen LogP contribution in [-0.4, -0.2) is 6.54 Å². The fourth-order valence-electron chi connectivity index (χ4n) is 0. The minimum atomic E-state index is 0.600. The van der Waals surface area contributed by atoms with Gasteiger partial charge in [0.05, 0.1) is 0 Å². The molecule has 2 N–H and O–H groups in total. The Balaban J connectivity index is 2.63. The van der Waals surface area contributed by atoms with E-state index in [1.54, 1.807) is 0 Å². The molecule has 0 rings (SSSR count). The molecule has 0 aromatic carbocycles. The molecule has 0 aliphatic carbocycles. The minimum Gasteiger partial charge on any atom is -0.330 e. The standard InChI is InChI=1S/C4H11N/c1-4(2)3-5/h4H,3,5H2,1-2H3/i/hD. The highest BCUT2D eigenvalue weighted by atomic mass is 14.5. The highest BCUT2D eigenvalue weighted by molar-refractivity contribution is 4.38. The zero-order chi connectivity index (χ0) is 4.99. The van der Waals surface area contributed by atoms with Crippen LogP contribution in [-0.2, 0) is 0 Å². The maximum Gasteiger partial charge on any atom is 0.118 e. The Morgan fingerprint density at radius 1 is 2.00 bits per heavy atom. The first-order valence-corrected chi connectivity index (χ1v) is 1.92. The van der Waals surface area contributed by atoms with Crippen molar-refractivity contribution in [3.8, 4) is 0 Å². The van der Waals surface area contributed by atoms with Crippen molar-refractivity contribution < 1.29 is 1.41 Å². The molecule has 32 valence electrons. The minimum absolute atomic E-state index is 0.600. The molecule has 5 heavy (non-hydrogen) atoms. The van der Waals surface area contributed by atoms with E-state index < -0.39 is 0 Å². The molecule has 0 aromatic rings.